The van der Waals surface area contributed by atoms with Crippen LogP contribution in [-0.2, 0) is 10.0 Å². The van der Waals surface area contributed by atoms with Crippen LogP contribution in [0.2, 0.25) is 0 Å². The third-order valence-corrected chi connectivity index (χ3v) is 5.54. The Morgan fingerprint density at radius 1 is 1.48 bits per heavy atom. The molecule has 0 fully saturated rings. The molecule has 2 rings (SSSR count). The van der Waals surface area contributed by atoms with Gasteiger partial charge < -0.3 is 5.73 Å². The minimum atomic E-state index is -3.63. The van der Waals surface area contributed by atoms with Crippen LogP contribution in [0, 0.1) is 0 Å². The monoisotopic (exact) mass is 341 g/mol. The molecule has 2 aromatic rings. The molecule has 1 atom stereocenters. The number of nitrogens with two attached hydrogens (primary N) is 1. The number of aromatic nitrogens is 1. The van der Waals surface area contributed by atoms with Crippen molar-refractivity contribution in [1.29, 1.82) is 0 Å². The lowest BCUT2D eigenvalue weighted by Crippen LogP contribution is -2.28. The van der Waals surface area contributed by atoms with Gasteiger partial charge in [-0.25, -0.2) is 13.1 Å². The summed E-state index contributed by atoms with van der Waals surface area (Å²) in [7, 11) is -3.63. The molecule has 1 unspecified atom stereocenters. The molecule has 0 saturated heterocycles. The second-order valence-electron chi connectivity index (χ2n) is 4.34. The Hall–Kier alpha value is -1.35. The van der Waals surface area contributed by atoms with Crippen LogP contribution in [0.5, 0.6) is 0 Å². The Morgan fingerprint density at radius 2 is 2.24 bits per heavy atom. The summed E-state index contributed by atoms with van der Waals surface area (Å²) in [6, 6.07) is 6.52. The Morgan fingerprint density at radius 3 is 2.71 bits per heavy atom. The molecule has 2 aromatic heterocycles. The maximum Gasteiger partial charge on any atom is 0.242 e. The lowest BCUT2D eigenvalue weighted by atomic mass is 10.2. The van der Waals surface area contributed by atoms with E-state index in [1.165, 1.54) is 29.7 Å². The van der Waals surface area contributed by atoms with Crippen molar-refractivity contribution < 1.29 is 8.42 Å². The van der Waals surface area contributed by atoms with E-state index in [0.29, 0.717) is 12.1 Å². The molecule has 0 spiro atoms. The van der Waals surface area contributed by atoms with E-state index in [9.17, 15) is 8.42 Å². The molecule has 21 heavy (non-hydrogen) atoms. The Balaban J connectivity index is 2.23. The van der Waals surface area contributed by atoms with Gasteiger partial charge in [0.25, 0.3) is 0 Å². The van der Waals surface area contributed by atoms with E-state index in [-0.39, 0.29) is 15.9 Å². The van der Waals surface area contributed by atoms with Gasteiger partial charge in [0.05, 0.1) is 11.7 Å². The Bertz CT molecular complexity index is 710. The van der Waals surface area contributed by atoms with E-state index in [2.05, 4.69) is 9.71 Å². The van der Waals surface area contributed by atoms with Crippen LogP contribution in [0.1, 0.15) is 30.0 Å². The number of thiocarbonyl (C=S) groups is 1. The quantitative estimate of drug-likeness (QED) is 0.787. The molecule has 0 aliphatic rings. The highest BCUT2D eigenvalue weighted by Crippen LogP contribution is 2.23. The highest BCUT2D eigenvalue weighted by atomic mass is 32.2. The molecule has 0 aromatic carbocycles. The zero-order chi connectivity index (χ0) is 15.5. The summed E-state index contributed by atoms with van der Waals surface area (Å²) in [5, 5.41) is 1.92. The Labute approximate surface area is 133 Å². The smallest absolute Gasteiger partial charge is 0.242 e. The van der Waals surface area contributed by atoms with Crippen molar-refractivity contribution in [2.75, 3.05) is 0 Å². The lowest BCUT2D eigenvalue weighted by molar-refractivity contribution is 0.553. The SMILES string of the molecule is CCC(NS(=O)(=O)c1ccc(C(N)=S)nc1)c1cccs1. The molecule has 0 radical (unpaired) electrons. The number of thiophene rings is 1. The number of sulfonamides is 1. The highest BCUT2D eigenvalue weighted by Gasteiger charge is 2.21. The standard InChI is InChI=1S/C13H15N3O2S3/c1-2-10(12-4-3-7-20-12)16-21(17,18)9-5-6-11(13(14)19)15-8-9/h3-8,10,16H,2H2,1H3,(H2,14,19). The number of hydrogen-bond donors (Lipinski definition) is 2. The largest absolute Gasteiger partial charge is 0.388 e. The van der Waals surface area contributed by atoms with Gasteiger partial charge in [-0.1, -0.05) is 25.2 Å². The van der Waals surface area contributed by atoms with Crippen molar-refractivity contribution in [1.82, 2.24) is 9.71 Å². The molecule has 5 nitrogen and oxygen atoms in total. The van der Waals surface area contributed by atoms with E-state index in [1.54, 1.807) is 0 Å². The normalized spacial score (nSPS) is 13.0. The van der Waals surface area contributed by atoms with Crippen LogP contribution in [0.4, 0.5) is 0 Å². The summed E-state index contributed by atoms with van der Waals surface area (Å²) in [5.74, 6) is 0. The fourth-order valence-corrected chi connectivity index (χ4v) is 4.07. The molecular weight excluding hydrogens is 326 g/mol. The van der Waals surface area contributed by atoms with Gasteiger partial charge in [0.15, 0.2) is 0 Å². The van der Waals surface area contributed by atoms with Crippen molar-refractivity contribution >= 4 is 38.6 Å². The van der Waals surface area contributed by atoms with Gasteiger partial charge in [0.1, 0.15) is 9.88 Å². The van der Waals surface area contributed by atoms with E-state index in [1.807, 2.05) is 24.4 Å². The third kappa shape index (κ3) is 3.85. The second kappa shape index (κ2) is 6.61. The number of nitrogens with one attached hydrogen (secondary N) is 1. The lowest BCUT2D eigenvalue weighted by Gasteiger charge is -2.15. The highest BCUT2D eigenvalue weighted by molar-refractivity contribution is 7.89. The average Bonchev–Trinajstić information content (AvgIpc) is 2.99. The van der Waals surface area contributed by atoms with Gasteiger partial charge in [0.2, 0.25) is 10.0 Å². The summed E-state index contributed by atoms with van der Waals surface area (Å²) in [6.07, 6.45) is 1.93. The first-order valence-electron chi connectivity index (χ1n) is 6.25. The van der Waals surface area contributed by atoms with Crippen molar-refractivity contribution in [3.05, 3.63) is 46.4 Å². The summed E-state index contributed by atoms with van der Waals surface area (Å²) in [5.41, 5.74) is 5.84. The van der Waals surface area contributed by atoms with E-state index in [4.69, 9.17) is 18.0 Å². The minimum absolute atomic E-state index is 0.0949. The van der Waals surface area contributed by atoms with Gasteiger partial charge in [-0.3, -0.25) is 4.98 Å². The maximum atomic E-state index is 12.4. The first-order chi connectivity index (χ1) is 9.94. The van der Waals surface area contributed by atoms with Crippen molar-refractivity contribution in [2.45, 2.75) is 24.3 Å². The Kier molecular flexibility index (Phi) is 5.04. The molecule has 2 heterocycles. The number of hydrogen-bond acceptors (Lipinski definition) is 5. The predicted molar refractivity (Wildman–Crippen MR) is 87.8 cm³/mol. The van der Waals surface area contributed by atoms with Crippen LogP contribution in [0.3, 0.4) is 0 Å². The fraction of sp³-hybridized carbons (Fsp3) is 0.231. The minimum Gasteiger partial charge on any atom is -0.388 e. The summed E-state index contributed by atoms with van der Waals surface area (Å²) >= 11 is 6.31. The first kappa shape index (κ1) is 16.0. The zero-order valence-corrected chi connectivity index (χ0v) is 13.8. The molecule has 0 aliphatic carbocycles. The van der Waals surface area contributed by atoms with Gasteiger partial charge in [0, 0.05) is 11.1 Å². The summed E-state index contributed by atoms with van der Waals surface area (Å²) in [6.45, 7) is 1.93. The molecule has 8 heteroatoms. The number of rotatable bonds is 6. The first-order valence-corrected chi connectivity index (χ1v) is 9.02. The summed E-state index contributed by atoms with van der Waals surface area (Å²) in [4.78, 5) is 5.17. The van der Waals surface area contributed by atoms with Gasteiger partial charge >= 0.3 is 0 Å². The molecule has 112 valence electrons. The summed E-state index contributed by atoms with van der Waals surface area (Å²) < 4.78 is 27.4. The molecule has 0 saturated carbocycles. The fourth-order valence-electron chi connectivity index (χ4n) is 1.77. The topological polar surface area (TPSA) is 85.1 Å². The van der Waals surface area contributed by atoms with E-state index < -0.39 is 10.0 Å². The third-order valence-electron chi connectivity index (χ3n) is 2.89. The van der Waals surface area contributed by atoms with Gasteiger partial charge in [-0.05, 0) is 30.0 Å². The van der Waals surface area contributed by atoms with Crippen LogP contribution < -0.4 is 10.5 Å². The van der Waals surface area contributed by atoms with E-state index >= 15 is 0 Å². The van der Waals surface area contributed by atoms with Crippen molar-refractivity contribution in [3.8, 4) is 0 Å². The molecular formula is C13H15N3O2S3. The second-order valence-corrected chi connectivity index (χ2v) is 7.47. The van der Waals surface area contributed by atoms with Crippen molar-refractivity contribution in [3.63, 3.8) is 0 Å². The molecule has 0 aliphatic heterocycles. The molecule has 0 bridgehead atoms. The molecule has 0 amide bonds. The maximum absolute atomic E-state index is 12.4. The molecule has 3 N–H and O–H groups in total. The van der Waals surface area contributed by atoms with Crippen LogP contribution in [0.25, 0.3) is 0 Å². The van der Waals surface area contributed by atoms with Gasteiger partial charge in [-0.2, -0.15) is 0 Å². The van der Waals surface area contributed by atoms with Crippen LogP contribution >= 0.6 is 23.6 Å². The average molecular weight is 341 g/mol. The van der Waals surface area contributed by atoms with Crippen molar-refractivity contribution in [2.24, 2.45) is 5.73 Å². The number of pyridine rings is 1. The van der Waals surface area contributed by atoms with Crippen LogP contribution in [0.15, 0.2) is 40.7 Å². The number of nitrogens with zero attached hydrogens (tertiary/aromatic N) is 1. The zero-order valence-electron chi connectivity index (χ0n) is 11.3. The van der Waals surface area contributed by atoms with E-state index in [0.717, 1.165) is 4.88 Å². The predicted octanol–water partition coefficient (Wildman–Crippen LogP) is 2.21. The van der Waals surface area contributed by atoms with Gasteiger partial charge in [-0.15, -0.1) is 11.3 Å². The van der Waals surface area contributed by atoms with Crippen LogP contribution in [-0.4, -0.2) is 18.4 Å².